The standard InChI is InChI=1S/C30H30Cl2N4O3.C16H19N3O2.C14H11Cl2NO2.CH4.I53/c1-18-17-36(21-9-11-25-20(16-21)8-10-26(33-25)30(37)38-2)15-14-35(18)13-12-22-28(34-39-29(22)19-6-7-19)27-23(31)4-3-5-24(27)32;1-11-10-19(8-7-17-11)13-4-6-14-12(9-13)3-5-15(18-14)16(20)21-2;15-10-2-1-3-11(16)12(10)13-9(6-7-18)14(19-17-13)8-4-5-8;;1-28-30(4)32(6)34(8)36(10)38(12)40(14)42(16)44(18)46(20)48(22)50(24)52(26)53(27)51(25)49(23)47(21)45(19)43(17)41(15)39(13)37(11)35(9)33(7)31(5)29(2)3/h3-5,8-11,16,18-19H,6-7,12-15,17H2,1-2H3;3-6,9,11,17H,7-8,10H2,1-2H3;1-3,7-8H,4-6H2;1H4;/q;;;;-1. The van der Waals surface area contributed by atoms with Crippen LogP contribution in [0.25, 0.3) is 44.3 Å². The van der Waals surface area contributed by atoms with Crippen molar-refractivity contribution in [3.05, 3.63) is 151 Å². The van der Waals surface area contributed by atoms with Gasteiger partial charge in [0, 0.05) is 121 Å². The number of ether oxygens (including phenoxy) is 2. The van der Waals surface area contributed by atoms with E-state index in [2.05, 4.69) is 581 Å². The second-order valence-electron chi connectivity index (χ2n) is 24.5. The Morgan fingerprint density at radius 2 is 0.797 bits per heavy atom. The van der Waals surface area contributed by atoms with E-state index in [0.717, 1.165) is 146 Å². The molecule has 2 aliphatic heterocycles. The monoisotopic (exact) mass is 7890 g/mol. The van der Waals surface area contributed by atoms with Gasteiger partial charge in [-0.3, -0.25) is 4.90 Å². The third kappa shape index (κ3) is 47.6. The zero-order valence-electron chi connectivity index (χ0n) is 64.3. The third-order valence-electron chi connectivity index (χ3n) is 16.9. The van der Waals surface area contributed by atoms with Crippen LogP contribution in [0, 0.1) is 0 Å². The zero-order chi connectivity index (χ0) is 97.5. The molecule has 2 atom stereocenters. The van der Waals surface area contributed by atoms with Crippen LogP contribution in [0.3, 0.4) is 0 Å². The number of piperazine rings is 2. The molecule has 4 fully saturated rings. The first-order chi connectivity index (χ1) is 62.4. The summed E-state index contributed by atoms with van der Waals surface area (Å²) >= 11 is 115. The number of carbonyl (C=O) groups is 3. The average Bonchev–Trinajstić information content (AvgIpc) is 1.66. The van der Waals surface area contributed by atoms with E-state index >= 15 is 0 Å². The molecule has 0 bridgehead atoms. The van der Waals surface area contributed by atoms with E-state index in [1.165, 1.54) is 19.9 Å². The van der Waals surface area contributed by atoms with Gasteiger partial charge in [0.05, 0.1) is 45.3 Å². The first kappa shape index (κ1) is 150. The Bertz CT molecular complexity index is 5060. The van der Waals surface area contributed by atoms with E-state index in [0.29, 0.717) is 79.9 Å². The first-order valence-electron chi connectivity index (χ1n) is 34.0. The van der Waals surface area contributed by atoms with Gasteiger partial charge < -0.3 is 38.4 Å². The predicted octanol–water partition coefficient (Wildman–Crippen LogP) is 56.4. The molecule has 0 radical (unpaired) electrons. The van der Waals surface area contributed by atoms with Crippen LogP contribution in [0.1, 0.15) is 102 Å². The minimum Gasteiger partial charge on any atom is -0.360 e. The van der Waals surface area contributed by atoms with Gasteiger partial charge in [0.25, 0.3) is 0 Å². The fourth-order valence-corrected chi connectivity index (χ4v) is 9860. The Labute approximate surface area is 1150 Å². The Balaban J connectivity index is 0.000000235. The molecule has 8 aromatic rings. The van der Waals surface area contributed by atoms with E-state index in [1.807, 2.05) is 42.5 Å². The number of nitrogens with zero attached hydrogens (tertiary/aromatic N) is 7. The minimum absolute atomic E-state index is 0. The van der Waals surface area contributed by atoms with Crippen molar-refractivity contribution < 1.29 is 46.2 Å². The topological polar surface area (TPSA) is 169 Å². The SMILES string of the molecule is C.COC(=O)c1ccc2cc(N3CCN(CCc4c(-c5c(Cl)cccc5Cl)noc4C4CC4)C(C)C3)ccc2n1.COC(=O)c1ccc2cc(N3CCNC(C)C3)ccc2n1.I[I-]I(I)I(I)I(I)I(I)I(I)I(I)I(I)I(I)I(I)I(I)I(I)I(I)I(I)I(I)I(I)I(I)I(I)I(I)I(I)I(I)I(I)I(I)I(I)I(I)I(I)I.O=CCc1c(-c2c(Cl)cccc2Cl)noc1C1CC1. The number of methoxy groups -OCH3 is 2. The molecule has 1 N–H and O–H groups in total. The maximum atomic E-state index is 11.8. The van der Waals surface area contributed by atoms with Gasteiger partial charge in [-0.15, -0.1) is 0 Å². The number of carbonyl (C=O) groups excluding carboxylic acids is 3. The number of esters is 2. The molecule has 4 aromatic heterocycles. The van der Waals surface area contributed by atoms with Crippen LogP contribution in [-0.4, -0.2) is 116 Å². The number of hydrogen-bond acceptors (Lipinski definition) is 15. The van der Waals surface area contributed by atoms with Crippen molar-refractivity contribution in [1.82, 2.24) is 30.5 Å². The van der Waals surface area contributed by atoms with Crippen molar-refractivity contribution in [3.8, 4) is 22.5 Å². The Morgan fingerprint density at radius 1 is 0.459 bits per heavy atom. The van der Waals surface area contributed by atoms with Crippen molar-refractivity contribution in [2.75, 3.05) is 69.8 Å². The van der Waals surface area contributed by atoms with Crippen LogP contribution in [0.15, 0.2) is 106 Å². The van der Waals surface area contributed by atoms with Gasteiger partial charge in [-0.25, -0.2) is 19.6 Å². The maximum absolute atomic E-state index is 11.8. The Morgan fingerprint density at radius 3 is 1.12 bits per heavy atom. The number of benzene rings is 4. The van der Waals surface area contributed by atoms with Gasteiger partial charge in [-0.1, -0.05) is 88.4 Å². The van der Waals surface area contributed by atoms with Crippen LogP contribution in [-0.2, 0) is 27.1 Å². The molecule has 2 saturated carbocycles. The molecule has 15 nitrogen and oxygen atoms in total. The number of anilines is 2. The van der Waals surface area contributed by atoms with Crippen LogP contribution in [0.4, 0.5) is 11.4 Å². The van der Waals surface area contributed by atoms with Gasteiger partial charge >= 0.3 is 725 Å². The summed E-state index contributed by atoms with van der Waals surface area (Å²) in [5, 5.41) is 16.2. The molecule has 2 aliphatic carbocycles. The zero-order valence-corrected chi connectivity index (χ0v) is 182. The fourth-order valence-electron chi connectivity index (χ4n) is 11.1. The molecule has 2 unspecified atom stereocenters. The first-order valence-corrected chi connectivity index (χ1v) is 362. The van der Waals surface area contributed by atoms with Crippen molar-refractivity contribution >= 4 is 798 Å². The number of pyridine rings is 2. The van der Waals surface area contributed by atoms with Gasteiger partial charge in [0.1, 0.15) is 40.6 Å². The van der Waals surface area contributed by atoms with Crippen LogP contribution < -0.4 is 28.4 Å². The molecule has 0 amide bonds. The van der Waals surface area contributed by atoms with Crippen molar-refractivity contribution in [2.24, 2.45) is 0 Å². The molecule has 4 aromatic carbocycles. The molecular weight excluding hydrogens is 7820 g/mol. The molecule has 6 heterocycles. The van der Waals surface area contributed by atoms with Crippen molar-refractivity contribution in [2.45, 2.75) is 83.7 Å². The van der Waals surface area contributed by atoms with Gasteiger partial charge in [-0.2, -0.15) is 0 Å². The van der Waals surface area contributed by atoms with Gasteiger partial charge in [-0.05, 0) is 119 Å². The summed E-state index contributed by atoms with van der Waals surface area (Å²) in [5.41, 5.74) is 9.31. The molecule has 72 heteroatoms. The molecule has 2 saturated heterocycles. The summed E-state index contributed by atoms with van der Waals surface area (Å²) in [6.07, 6.45) is 6.39. The third-order valence-corrected chi connectivity index (χ3v) is 4070. The molecule has 12 rings (SSSR count). The number of hydrogen-bond donors (Lipinski definition) is 1. The number of aromatic nitrogens is 4. The van der Waals surface area contributed by atoms with Crippen LogP contribution >= 0.6 is 746 Å². The van der Waals surface area contributed by atoms with Crippen LogP contribution in [0.2, 0.25) is 20.1 Å². The smallest absolute Gasteiger partial charge is 0.144 e. The largest absolute Gasteiger partial charge is 0.360 e. The fraction of sp³-hybridized carbons (Fsp3) is 0.361. The van der Waals surface area contributed by atoms with Crippen molar-refractivity contribution in [3.63, 3.8) is 0 Å². The number of aldehydes is 1. The summed E-state index contributed by atoms with van der Waals surface area (Å²) in [6, 6.07) is 31.3. The second kappa shape index (κ2) is 79.7. The second-order valence-corrected chi connectivity index (χ2v) is 1260. The van der Waals surface area contributed by atoms with E-state index in [-0.39, 0.29) is 13.8 Å². The van der Waals surface area contributed by atoms with Gasteiger partial charge in [0.15, 0.2) is 0 Å². The summed E-state index contributed by atoms with van der Waals surface area (Å²) < 4.78 is 20.8. The normalized spacial score (nSPS) is 17.8. The summed E-state index contributed by atoms with van der Waals surface area (Å²) in [6.45, 7) is 11.2. The predicted molar refractivity (Wildman–Crippen MR) is 1050 cm³/mol. The number of halogens is 57. The van der Waals surface area contributed by atoms with E-state index < -0.39 is 209 Å². The number of nitrogens with one attached hydrogen (secondary N) is 1. The molecule has 4 aliphatic rings. The summed E-state index contributed by atoms with van der Waals surface area (Å²) in [5.74, 6) is 1.80. The minimum atomic E-state index is -0.583. The average molecular weight is 7890 g/mol. The molecule has 133 heavy (non-hydrogen) atoms. The van der Waals surface area contributed by atoms with Crippen molar-refractivity contribution in [1.29, 1.82) is 0 Å². The van der Waals surface area contributed by atoms with E-state index in [4.69, 9.17) is 64.9 Å². The van der Waals surface area contributed by atoms with E-state index in [9.17, 15) is 14.4 Å². The Hall–Kier alpha value is 32.1. The number of rotatable bonds is 38. The Kier molecular flexibility index (Phi) is 89.9. The molecular formula is C61H64Cl4I53N8O7-. The molecule has 790 valence electrons. The number of fused-ring (bicyclic) bond motifs is 2. The summed E-state index contributed by atoms with van der Waals surface area (Å²) in [7, 11) is -10.6. The van der Waals surface area contributed by atoms with E-state index in [1.54, 1.807) is 30.3 Å². The van der Waals surface area contributed by atoms with Gasteiger partial charge in [0.2, 0.25) is 0 Å². The summed E-state index contributed by atoms with van der Waals surface area (Å²) in [4.78, 5) is 50.3. The van der Waals surface area contributed by atoms with Crippen LogP contribution in [0.5, 0.6) is 0 Å². The molecule has 0 spiro atoms. The maximum Gasteiger partial charge on any atom is 0.144 e. The quantitative estimate of drug-likeness (QED) is 0.0220.